The molecule has 0 radical (unpaired) electrons. The number of thiazole rings is 1. The molecule has 0 amide bonds. The lowest BCUT2D eigenvalue weighted by atomic mass is 9.76. The lowest BCUT2D eigenvalue weighted by molar-refractivity contribution is -0.910. The minimum Gasteiger partial charge on any atom is -0.550 e. The zero-order valence-corrected chi connectivity index (χ0v) is 24.0. The van der Waals surface area contributed by atoms with Crippen LogP contribution in [0.25, 0.3) is 10.2 Å². The number of ether oxygens (including phenoxy) is 2. The molecule has 216 valence electrons. The average Bonchev–Trinajstić information content (AvgIpc) is 3.49. The molecule has 3 aromatic rings. The fourth-order valence-electron chi connectivity index (χ4n) is 5.69. The first-order valence-corrected chi connectivity index (χ1v) is 14.5. The van der Waals surface area contributed by atoms with Crippen LogP contribution in [0.5, 0.6) is 11.5 Å². The summed E-state index contributed by atoms with van der Waals surface area (Å²) >= 11 is 1.49. The van der Waals surface area contributed by atoms with E-state index in [1.807, 2.05) is 43.4 Å². The summed E-state index contributed by atoms with van der Waals surface area (Å²) in [5.74, 6) is -0.0934. The predicted molar refractivity (Wildman–Crippen MR) is 150 cm³/mol. The first-order valence-electron chi connectivity index (χ1n) is 13.7. The highest BCUT2D eigenvalue weighted by Gasteiger charge is 2.43. The van der Waals surface area contributed by atoms with Crippen LogP contribution in [-0.2, 0) is 28.9 Å². The van der Waals surface area contributed by atoms with Gasteiger partial charge in [-0.05, 0) is 24.0 Å². The maximum atomic E-state index is 13.4. The number of aryl methyl sites for hydroxylation is 1. The van der Waals surface area contributed by atoms with Crippen molar-refractivity contribution in [1.29, 1.82) is 0 Å². The van der Waals surface area contributed by atoms with Gasteiger partial charge in [0.2, 0.25) is 0 Å². The van der Waals surface area contributed by atoms with Gasteiger partial charge in [-0.15, -0.1) is 11.3 Å². The Balaban J connectivity index is 1.41. The topological polar surface area (TPSA) is 129 Å². The minimum absolute atomic E-state index is 0.0605. The number of aliphatic hydroxyl groups excluding tert-OH is 2. The number of quaternary nitrogens is 1. The molecule has 40 heavy (non-hydrogen) atoms. The van der Waals surface area contributed by atoms with Crippen molar-refractivity contribution in [3.05, 3.63) is 52.5 Å². The van der Waals surface area contributed by atoms with E-state index in [1.54, 1.807) is 7.11 Å². The van der Waals surface area contributed by atoms with Gasteiger partial charge in [-0.25, -0.2) is 4.98 Å². The summed E-state index contributed by atoms with van der Waals surface area (Å²) < 4.78 is 13.1. The van der Waals surface area contributed by atoms with Crippen LogP contribution in [0.3, 0.4) is 0 Å². The number of carboxylic acids is 1. The average molecular weight is 571 g/mol. The normalized spacial score (nSPS) is 14.3. The van der Waals surface area contributed by atoms with E-state index in [-0.39, 0.29) is 31.8 Å². The Labute approximate surface area is 238 Å². The van der Waals surface area contributed by atoms with E-state index in [4.69, 9.17) is 14.5 Å². The number of benzene rings is 2. The number of carbonyl (C=O) groups excluding carboxylic acids is 2. The van der Waals surface area contributed by atoms with Crippen LogP contribution in [0, 0.1) is 5.41 Å². The third kappa shape index (κ3) is 6.98. The van der Waals surface area contributed by atoms with Gasteiger partial charge in [-0.3, -0.25) is 4.79 Å². The van der Waals surface area contributed by atoms with Crippen LogP contribution >= 0.6 is 11.3 Å². The Kier molecular flexibility index (Phi) is 9.78. The number of aromatic nitrogens is 1. The highest BCUT2D eigenvalue weighted by molar-refractivity contribution is 7.18. The standard InChI is InChI=1S/C30H38N2O7S/c1-32(11-13-33,12-14-34)10-5-15-39-25-16-23-26(17-24(25)38-2)40-28(31-23)9-8-27(35)30(20-29(36)37)18-21-6-3-4-7-22(21)19-30/h3-4,6-7,16-17,33-34H,5,8-15,18-20H2,1-2H3. The molecule has 1 heterocycles. The summed E-state index contributed by atoms with van der Waals surface area (Å²) in [6, 6.07) is 11.5. The minimum atomic E-state index is -1.20. The van der Waals surface area contributed by atoms with Crippen molar-refractivity contribution in [3.8, 4) is 11.5 Å². The maximum Gasteiger partial charge on any atom is 0.163 e. The monoisotopic (exact) mass is 570 g/mol. The van der Waals surface area contributed by atoms with Crippen molar-refractivity contribution < 1.29 is 38.9 Å². The molecule has 10 heteroatoms. The number of aliphatic hydroxyl groups is 2. The van der Waals surface area contributed by atoms with Gasteiger partial charge in [0.25, 0.3) is 0 Å². The highest BCUT2D eigenvalue weighted by atomic mass is 32.1. The number of ketones is 1. The second kappa shape index (κ2) is 13.1. The molecule has 0 saturated carbocycles. The van der Waals surface area contributed by atoms with Gasteiger partial charge < -0.3 is 34.1 Å². The number of carboxylic acid groups (broad SMARTS) is 1. The largest absolute Gasteiger partial charge is 0.550 e. The summed E-state index contributed by atoms with van der Waals surface area (Å²) in [6.45, 7) is 2.46. The highest BCUT2D eigenvalue weighted by Crippen LogP contribution is 2.42. The van der Waals surface area contributed by atoms with Crippen molar-refractivity contribution in [2.45, 2.75) is 38.5 Å². The first-order chi connectivity index (χ1) is 19.2. The van der Waals surface area contributed by atoms with Gasteiger partial charge in [0.1, 0.15) is 18.9 Å². The van der Waals surface area contributed by atoms with Crippen molar-refractivity contribution in [3.63, 3.8) is 0 Å². The van der Waals surface area contributed by atoms with Crippen LogP contribution in [0.1, 0.15) is 35.4 Å². The molecule has 0 atom stereocenters. The number of nitrogens with zero attached hydrogens (tertiary/aromatic N) is 2. The van der Waals surface area contributed by atoms with Crippen LogP contribution in [0.15, 0.2) is 36.4 Å². The van der Waals surface area contributed by atoms with Crippen LogP contribution in [0.2, 0.25) is 0 Å². The lowest BCUT2D eigenvalue weighted by Gasteiger charge is -2.33. The summed E-state index contributed by atoms with van der Waals surface area (Å²) in [5, 5.41) is 31.1. The maximum absolute atomic E-state index is 13.4. The Bertz CT molecular complexity index is 1310. The fourth-order valence-corrected chi connectivity index (χ4v) is 6.66. The number of fused-ring (bicyclic) bond motifs is 2. The molecule has 1 aromatic heterocycles. The van der Waals surface area contributed by atoms with E-state index in [9.17, 15) is 24.9 Å². The summed E-state index contributed by atoms with van der Waals surface area (Å²) in [5.41, 5.74) is 1.85. The van der Waals surface area contributed by atoms with Gasteiger partial charge in [0.05, 0.1) is 55.7 Å². The van der Waals surface area contributed by atoms with E-state index in [0.29, 0.717) is 54.9 Å². The van der Waals surface area contributed by atoms with E-state index >= 15 is 0 Å². The van der Waals surface area contributed by atoms with Crippen molar-refractivity contribution in [2.75, 3.05) is 53.6 Å². The van der Waals surface area contributed by atoms with Gasteiger partial charge in [0.15, 0.2) is 11.5 Å². The van der Waals surface area contributed by atoms with Gasteiger partial charge in [-0.1, -0.05) is 24.3 Å². The van der Waals surface area contributed by atoms with Gasteiger partial charge in [0, 0.05) is 49.2 Å². The molecule has 0 spiro atoms. The molecule has 0 aliphatic heterocycles. The molecule has 0 unspecified atom stereocenters. The number of methoxy groups -OCH3 is 1. The van der Waals surface area contributed by atoms with Crippen molar-refractivity contribution >= 4 is 33.3 Å². The Hall–Kier alpha value is -3.05. The molecule has 9 nitrogen and oxygen atoms in total. The van der Waals surface area contributed by atoms with E-state index in [2.05, 4.69) is 0 Å². The molecule has 0 bridgehead atoms. The Morgan fingerprint density at radius 1 is 1.07 bits per heavy atom. The molecular formula is C30H38N2O7S. The third-order valence-corrected chi connectivity index (χ3v) is 8.99. The molecule has 2 N–H and O–H groups in total. The number of aliphatic carboxylic acids is 1. The molecule has 4 rings (SSSR count). The van der Waals surface area contributed by atoms with Crippen LogP contribution in [0.4, 0.5) is 0 Å². The van der Waals surface area contributed by atoms with E-state index in [1.165, 1.54) is 11.3 Å². The van der Waals surface area contributed by atoms with Crippen molar-refractivity contribution in [2.24, 2.45) is 5.41 Å². The van der Waals surface area contributed by atoms with Gasteiger partial charge in [-0.2, -0.15) is 0 Å². The summed E-state index contributed by atoms with van der Waals surface area (Å²) in [6.07, 6.45) is 1.93. The number of hydrogen-bond acceptors (Lipinski definition) is 9. The van der Waals surface area contributed by atoms with Crippen LogP contribution < -0.4 is 14.6 Å². The summed E-state index contributed by atoms with van der Waals surface area (Å²) in [7, 11) is 3.59. The number of rotatable bonds is 16. The molecule has 0 fully saturated rings. The Morgan fingerprint density at radius 3 is 2.35 bits per heavy atom. The van der Waals surface area contributed by atoms with Gasteiger partial charge >= 0.3 is 0 Å². The molecule has 2 aromatic carbocycles. The molecule has 0 saturated heterocycles. The van der Waals surface area contributed by atoms with Crippen LogP contribution in [-0.4, -0.2) is 85.0 Å². The number of hydrogen-bond donors (Lipinski definition) is 2. The number of Topliss-reactive ketones (excluding diaryl/α,β-unsaturated/α-hetero) is 1. The van der Waals surface area contributed by atoms with Crippen molar-refractivity contribution in [1.82, 2.24) is 4.98 Å². The lowest BCUT2D eigenvalue weighted by Crippen LogP contribution is -2.49. The smallest absolute Gasteiger partial charge is 0.163 e. The molecule has 1 aliphatic rings. The molecular weight excluding hydrogens is 532 g/mol. The zero-order valence-electron chi connectivity index (χ0n) is 23.2. The van der Waals surface area contributed by atoms with E-state index in [0.717, 1.165) is 39.3 Å². The Morgan fingerprint density at radius 2 is 1.75 bits per heavy atom. The number of likely N-dealkylation sites (N-methyl/N-ethyl adjacent to an activating group) is 1. The fraction of sp³-hybridized carbons (Fsp3) is 0.500. The second-order valence-electron chi connectivity index (χ2n) is 10.9. The summed E-state index contributed by atoms with van der Waals surface area (Å²) in [4.78, 5) is 29.7. The number of carbonyl (C=O) groups is 2. The zero-order chi connectivity index (χ0) is 28.8. The quantitative estimate of drug-likeness (QED) is 0.198. The first kappa shape index (κ1) is 29.9. The third-order valence-electron chi connectivity index (χ3n) is 7.91. The molecule has 1 aliphatic carbocycles. The SMILES string of the molecule is COc1cc2sc(CCC(=O)C3(CC(=O)[O-])Cc4ccccc4C3)nc2cc1OCCC[N+](C)(CCO)CCO. The van der Waals surface area contributed by atoms with E-state index < -0.39 is 11.4 Å². The second-order valence-corrected chi connectivity index (χ2v) is 12.0. The predicted octanol–water partition coefficient (Wildman–Crippen LogP) is 1.93.